The molecule has 9 nitrogen and oxygen atoms in total. The average molecular weight is 505 g/mol. The van der Waals surface area contributed by atoms with Crippen molar-refractivity contribution in [3.05, 3.63) is 89.4 Å². The van der Waals surface area contributed by atoms with Gasteiger partial charge in [0.15, 0.2) is 0 Å². The number of H-pyrrole nitrogens is 1. The van der Waals surface area contributed by atoms with E-state index in [0.717, 1.165) is 9.64 Å². The lowest BCUT2D eigenvalue weighted by molar-refractivity contribution is -0.384. The number of amides is 1. The Kier molecular flexibility index (Phi) is 5.92. The number of nitro benzene ring substituents is 1. The molecule has 0 saturated heterocycles. The molecule has 10 heteroatoms. The number of halogens is 1. The van der Waals surface area contributed by atoms with Crippen molar-refractivity contribution in [2.75, 3.05) is 0 Å². The number of nitrogens with one attached hydrogen (secondary N) is 2. The lowest BCUT2D eigenvalue weighted by Gasteiger charge is -2.02. The highest BCUT2D eigenvalue weighted by Gasteiger charge is 2.16. The van der Waals surface area contributed by atoms with Crippen LogP contribution in [0.4, 0.5) is 5.69 Å². The number of hydrogen-bond acceptors (Lipinski definition) is 5. The third kappa shape index (κ3) is 4.42. The second-order valence-corrected chi connectivity index (χ2v) is 7.42. The predicted octanol–water partition coefficient (Wildman–Crippen LogP) is 3.14. The van der Waals surface area contributed by atoms with Crippen molar-refractivity contribution in [2.24, 2.45) is 5.10 Å². The van der Waals surface area contributed by atoms with Crippen molar-refractivity contribution >= 4 is 39.9 Å². The molecule has 0 spiro atoms. The molecule has 0 aliphatic heterocycles. The first-order valence-electron chi connectivity index (χ1n) is 8.45. The normalized spacial score (nSPS) is 11.3. The molecular weight excluding hydrogens is 489 g/mol. The predicted molar refractivity (Wildman–Crippen MR) is 117 cm³/mol. The number of aryl methyl sites for hydroxylation is 1. The molecule has 1 heterocycles. The highest BCUT2D eigenvalue weighted by Crippen LogP contribution is 2.13. The van der Waals surface area contributed by atoms with Crippen molar-refractivity contribution in [2.45, 2.75) is 13.8 Å². The SMILES string of the molecule is C/C(=N/NC(=O)c1cccc([N+](=O)[O-])c1)c1c(C)[nH]n(-c2ccc(I)cc2)c1=O. The highest BCUT2D eigenvalue weighted by atomic mass is 127. The summed E-state index contributed by atoms with van der Waals surface area (Å²) in [7, 11) is 0. The number of carbonyl (C=O) groups is 1. The lowest BCUT2D eigenvalue weighted by Crippen LogP contribution is -2.23. The molecule has 0 atom stereocenters. The van der Waals surface area contributed by atoms with Gasteiger partial charge in [-0.25, -0.2) is 10.1 Å². The van der Waals surface area contributed by atoms with Crippen LogP contribution in [0.2, 0.25) is 0 Å². The number of benzene rings is 2. The standard InChI is InChI=1S/C19H16IN5O4/c1-11(21-22-18(26)13-4-3-5-16(10-13)25(28)29)17-12(2)23-24(19(17)27)15-8-6-14(20)7-9-15/h3-10,23H,1-2H3,(H,22,26)/b21-11-. The van der Waals surface area contributed by atoms with E-state index in [1.54, 1.807) is 13.8 Å². The molecule has 2 aromatic carbocycles. The Morgan fingerprint density at radius 2 is 1.93 bits per heavy atom. The maximum absolute atomic E-state index is 12.8. The fraction of sp³-hybridized carbons (Fsp3) is 0.105. The van der Waals surface area contributed by atoms with Crippen LogP contribution in [0.15, 0.2) is 58.4 Å². The van der Waals surface area contributed by atoms with E-state index >= 15 is 0 Å². The number of hydrogen-bond donors (Lipinski definition) is 2. The minimum absolute atomic E-state index is 0.0952. The van der Waals surface area contributed by atoms with Gasteiger partial charge in [0.25, 0.3) is 17.2 Å². The summed E-state index contributed by atoms with van der Waals surface area (Å²) in [4.78, 5) is 35.3. The van der Waals surface area contributed by atoms with Gasteiger partial charge in [-0.05, 0) is 66.8 Å². The Morgan fingerprint density at radius 1 is 1.24 bits per heavy atom. The summed E-state index contributed by atoms with van der Waals surface area (Å²) < 4.78 is 2.45. The summed E-state index contributed by atoms with van der Waals surface area (Å²) in [5, 5.41) is 17.8. The molecule has 29 heavy (non-hydrogen) atoms. The van der Waals surface area contributed by atoms with Crippen LogP contribution in [0, 0.1) is 20.6 Å². The third-order valence-electron chi connectivity index (χ3n) is 4.16. The van der Waals surface area contributed by atoms with Crippen molar-refractivity contribution in [1.82, 2.24) is 15.2 Å². The summed E-state index contributed by atoms with van der Waals surface area (Å²) in [5.74, 6) is -0.612. The van der Waals surface area contributed by atoms with Crippen LogP contribution in [0.5, 0.6) is 0 Å². The summed E-state index contributed by atoms with van der Waals surface area (Å²) in [6.07, 6.45) is 0. The molecular formula is C19H16IN5O4. The molecule has 0 bridgehead atoms. The molecule has 1 amide bonds. The highest BCUT2D eigenvalue weighted by molar-refractivity contribution is 14.1. The fourth-order valence-electron chi connectivity index (χ4n) is 2.76. The summed E-state index contributed by atoms with van der Waals surface area (Å²) >= 11 is 2.18. The van der Waals surface area contributed by atoms with Crippen LogP contribution in [0.3, 0.4) is 0 Å². The van der Waals surface area contributed by atoms with Gasteiger partial charge in [-0.3, -0.25) is 24.8 Å². The van der Waals surface area contributed by atoms with Crippen LogP contribution in [-0.4, -0.2) is 26.3 Å². The molecule has 0 fully saturated rings. The number of rotatable bonds is 5. The van der Waals surface area contributed by atoms with E-state index in [1.165, 1.54) is 22.9 Å². The number of hydrazone groups is 1. The van der Waals surface area contributed by atoms with Crippen LogP contribution < -0.4 is 11.0 Å². The van der Waals surface area contributed by atoms with Gasteiger partial charge in [0.1, 0.15) is 0 Å². The molecule has 0 aliphatic rings. The van der Waals surface area contributed by atoms with E-state index in [2.05, 4.69) is 38.2 Å². The minimum Gasteiger partial charge on any atom is -0.295 e. The molecule has 0 unspecified atom stereocenters. The molecule has 3 aromatic rings. The van der Waals surface area contributed by atoms with Gasteiger partial charge in [-0.1, -0.05) is 6.07 Å². The molecule has 3 rings (SSSR count). The number of nitrogens with zero attached hydrogens (tertiary/aromatic N) is 3. The molecule has 0 radical (unpaired) electrons. The Hall–Kier alpha value is -3.28. The van der Waals surface area contributed by atoms with Gasteiger partial charge in [0.2, 0.25) is 0 Å². The average Bonchev–Trinajstić information content (AvgIpc) is 3.00. The smallest absolute Gasteiger partial charge is 0.280 e. The monoisotopic (exact) mass is 505 g/mol. The zero-order valence-corrected chi connectivity index (χ0v) is 17.6. The van der Waals surface area contributed by atoms with Crippen LogP contribution in [-0.2, 0) is 0 Å². The summed E-state index contributed by atoms with van der Waals surface area (Å²) in [5.41, 5.74) is 3.87. The zero-order chi connectivity index (χ0) is 21.1. The van der Waals surface area contributed by atoms with E-state index in [-0.39, 0.29) is 16.8 Å². The minimum atomic E-state index is -0.612. The quantitative estimate of drug-likeness (QED) is 0.240. The van der Waals surface area contributed by atoms with Crippen molar-refractivity contribution in [3.63, 3.8) is 0 Å². The summed E-state index contributed by atoms with van der Waals surface area (Å²) in [6, 6.07) is 12.7. The number of aromatic nitrogens is 2. The maximum atomic E-state index is 12.8. The van der Waals surface area contributed by atoms with Crippen LogP contribution in [0.25, 0.3) is 5.69 Å². The number of aromatic amines is 1. The Labute approximate surface area is 178 Å². The maximum Gasteiger partial charge on any atom is 0.280 e. The third-order valence-corrected chi connectivity index (χ3v) is 4.88. The molecule has 0 saturated carbocycles. The van der Waals surface area contributed by atoms with Gasteiger partial charge in [0.05, 0.1) is 21.9 Å². The van der Waals surface area contributed by atoms with Crippen molar-refractivity contribution in [1.29, 1.82) is 0 Å². The largest absolute Gasteiger partial charge is 0.295 e. The van der Waals surface area contributed by atoms with Gasteiger partial charge in [-0.15, -0.1) is 0 Å². The van der Waals surface area contributed by atoms with E-state index in [4.69, 9.17) is 0 Å². The molecule has 2 N–H and O–H groups in total. The Morgan fingerprint density at radius 3 is 2.59 bits per heavy atom. The zero-order valence-electron chi connectivity index (χ0n) is 15.5. The van der Waals surface area contributed by atoms with Gasteiger partial charge in [-0.2, -0.15) is 5.10 Å². The van der Waals surface area contributed by atoms with Gasteiger partial charge >= 0.3 is 0 Å². The number of carbonyl (C=O) groups excluding carboxylic acids is 1. The fourth-order valence-corrected chi connectivity index (χ4v) is 3.12. The van der Waals surface area contributed by atoms with E-state index in [0.29, 0.717) is 22.7 Å². The molecule has 148 valence electrons. The van der Waals surface area contributed by atoms with Crippen molar-refractivity contribution < 1.29 is 9.72 Å². The van der Waals surface area contributed by atoms with E-state index in [1.807, 2.05) is 24.3 Å². The summed E-state index contributed by atoms with van der Waals surface area (Å²) in [6.45, 7) is 3.34. The first-order valence-corrected chi connectivity index (χ1v) is 9.53. The van der Waals surface area contributed by atoms with Gasteiger partial charge in [0, 0.05) is 27.0 Å². The van der Waals surface area contributed by atoms with E-state index in [9.17, 15) is 19.7 Å². The second kappa shape index (κ2) is 8.39. The van der Waals surface area contributed by atoms with E-state index < -0.39 is 10.8 Å². The lowest BCUT2D eigenvalue weighted by atomic mass is 10.2. The van der Waals surface area contributed by atoms with Crippen LogP contribution >= 0.6 is 22.6 Å². The molecule has 1 aromatic heterocycles. The van der Waals surface area contributed by atoms with Crippen LogP contribution in [0.1, 0.15) is 28.5 Å². The van der Waals surface area contributed by atoms with Gasteiger partial charge < -0.3 is 0 Å². The Bertz CT molecular complexity index is 1180. The first-order chi connectivity index (χ1) is 13.8. The van der Waals surface area contributed by atoms with Crippen molar-refractivity contribution in [3.8, 4) is 5.69 Å². The Balaban J connectivity index is 1.86. The number of nitro groups is 1. The first kappa shape index (κ1) is 20.5. The number of non-ortho nitro benzene ring substituents is 1. The topological polar surface area (TPSA) is 122 Å². The second-order valence-electron chi connectivity index (χ2n) is 6.17. The molecule has 0 aliphatic carbocycles.